The Balaban J connectivity index is 1.68. The average molecular weight is 329 g/mol. The zero-order valence-electron chi connectivity index (χ0n) is 14.1. The fraction of sp³-hybridized carbons (Fsp3) is 0.474. The smallest absolute Gasteiger partial charge is 0.323 e. The van der Waals surface area contributed by atoms with Crippen LogP contribution in [0.2, 0.25) is 0 Å². The fourth-order valence-corrected chi connectivity index (χ4v) is 2.65. The van der Waals surface area contributed by atoms with E-state index in [0.29, 0.717) is 6.42 Å². The summed E-state index contributed by atoms with van der Waals surface area (Å²) in [6, 6.07) is 9.20. The van der Waals surface area contributed by atoms with Crippen molar-refractivity contribution in [3.63, 3.8) is 0 Å². The first-order valence-electron chi connectivity index (χ1n) is 8.58. The van der Waals surface area contributed by atoms with E-state index in [-0.39, 0.29) is 18.6 Å². The topological polar surface area (TPSA) is 90.7 Å². The molecule has 0 spiro atoms. The number of amidine groups is 1. The van der Waals surface area contributed by atoms with Crippen LogP contribution in [0.5, 0.6) is 0 Å². The van der Waals surface area contributed by atoms with Crippen LogP contribution >= 0.6 is 0 Å². The zero-order valence-corrected chi connectivity index (χ0v) is 14.1. The summed E-state index contributed by atoms with van der Waals surface area (Å²) in [5, 5.41) is 0. The summed E-state index contributed by atoms with van der Waals surface area (Å²) in [4.78, 5) is 16.4. The van der Waals surface area contributed by atoms with Gasteiger partial charge in [-0.25, -0.2) is 0 Å². The Morgan fingerprint density at radius 1 is 1.29 bits per heavy atom. The predicted molar refractivity (Wildman–Crippen MR) is 96.5 cm³/mol. The number of ether oxygens (including phenoxy) is 1. The lowest BCUT2D eigenvalue weighted by Crippen LogP contribution is -2.31. The van der Waals surface area contributed by atoms with Gasteiger partial charge in [-0.2, -0.15) is 0 Å². The monoisotopic (exact) mass is 329 g/mol. The number of aliphatic imine (C=N–C) groups is 1. The van der Waals surface area contributed by atoms with Crippen molar-refractivity contribution < 1.29 is 9.53 Å². The standard InChI is InChI=1S/C19H27N3O2/c20-17(19(23)24-14-15-8-2-1-3-9-15)12-6-4-10-16-11-5-7-13-18(21)22-16/h1-4,6,8-9,16-17H,5,7,10-14,20H2,(H2,21,22)/b6-4+/t16-,17?/m0/s1. The van der Waals surface area contributed by atoms with E-state index in [2.05, 4.69) is 4.99 Å². The normalized spacial score (nSPS) is 19.5. The average Bonchev–Trinajstić information content (AvgIpc) is 2.81. The second-order valence-corrected chi connectivity index (χ2v) is 6.16. The zero-order chi connectivity index (χ0) is 17.2. The number of hydrogen-bond acceptors (Lipinski definition) is 5. The van der Waals surface area contributed by atoms with E-state index in [1.807, 2.05) is 42.5 Å². The van der Waals surface area contributed by atoms with Gasteiger partial charge in [0.2, 0.25) is 0 Å². The second kappa shape index (κ2) is 9.88. The lowest BCUT2D eigenvalue weighted by molar-refractivity contribution is -0.146. The lowest BCUT2D eigenvalue weighted by atomic mass is 10.1. The highest BCUT2D eigenvalue weighted by atomic mass is 16.5. The van der Waals surface area contributed by atoms with E-state index in [0.717, 1.165) is 43.5 Å². The van der Waals surface area contributed by atoms with E-state index < -0.39 is 6.04 Å². The third kappa shape index (κ3) is 6.54. The summed E-state index contributed by atoms with van der Waals surface area (Å²) in [5.41, 5.74) is 12.7. The third-order valence-corrected chi connectivity index (χ3v) is 4.06. The van der Waals surface area contributed by atoms with Crippen LogP contribution in [0.15, 0.2) is 47.5 Å². The van der Waals surface area contributed by atoms with E-state index in [4.69, 9.17) is 16.2 Å². The minimum atomic E-state index is -0.632. The number of carbonyl (C=O) groups is 1. The summed E-state index contributed by atoms with van der Waals surface area (Å²) in [6.45, 7) is 0.257. The van der Waals surface area contributed by atoms with Gasteiger partial charge in [0.25, 0.3) is 0 Å². The maximum Gasteiger partial charge on any atom is 0.323 e. The molecule has 0 amide bonds. The summed E-state index contributed by atoms with van der Waals surface area (Å²) >= 11 is 0. The molecule has 1 aromatic carbocycles. The van der Waals surface area contributed by atoms with Crippen molar-refractivity contribution in [2.45, 2.75) is 57.2 Å². The number of nitrogens with zero attached hydrogens (tertiary/aromatic N) is 1. The Kier molecular flexibility index (Phi) is 7.49. The lowest BCUT2D eigenvalue weighted by Gasteiger charge is -2.10. The molecular formula is C19H27N3O2. The van der Waals surface area contributed by atoms with Crippen LogP contribution in [-0.4, -0.2) is 23.9 Å². The first-order valence-corrected chi connectivity index (χ1v) is 8.58. The highest BCUT2D eigenvalue weighted by Crippen LogP contribution is 2.15. The molecule has 4 N–H and O–H groups in total. The van der Waals surface area contributed by atoms with Gasteiger partial charge in [-0.05, 0) is 31.2 Å². The predicted octanol–water partition coefficient (Wildman–Crippen LogP) is 2.69. The van der Waals surface area contributed by atoms with Gasteiger partial charge in [0.15, 0.2) is 0 Å². The van der Waals surface area contributed by atoms with Gasteiger partial charge in [0.05, 0.1) is 11.9 Å². The quantitative estimate of drug-likeness (QED) is 0.594. The number of rotatable bonds is 7. The number of carbonyl (C=O) groups excluding carboxylic acids is 1. The summed E-state index contributed by atoms with van der Waals surface area (Å²) in [7, 11) is 0. The van der Waals surface area contributed by atoms with E-state index >= 15 is 0 Å². The van der Waals surface area contributed by atoms with Crippen molar-refractivity contribution in [2.24, 2.45) is 16.5 Å². The molecule has 0 aliphatic carbocycles. The molecule has 5 nitrogen and oxygen atoms in total. The first kappa shape index (κ1) is 18.2. The van der Waals surface area contributed by atoms with Gasteiger partial charge in [0.1, 0.15) is 12.6 Å². The Morgan fingerprint density at radius 2 is 2.08 bits per heavy atom. The molecule has 24 heavy (non-hydrogen) atoms. The molecule has 0 saturated heterocycles. The maximum absolute atomic E-state index is 11.9. The largest absolute Gasteiger partial charge is 0.460 e. The molecule has 0 fully saturated rings. The molecule has 0 aromatic heterocycles. The van der Waals surface area contributed by atoms with Gasteiger partial charge in [-0.3, -0.25) is 9.79 Å². The molecule has 130 valence electrons. The molecular weight excluding hydrogens is 302 g/mol. The van der Waals surface area contributed by atoms with E-state index in [1.165, 1.54) is 0 Å². The highest BCUT2D eigenvalue weighted by molar-refractivity contribution is 5.80. The number of esters is 1. The molecule has 1 aliphatic rings. The molecule has 1 aromatic rings. The van der Waals surface area contributed by atoms with Crippen LogP contribution in [-0.2, 0) is 16.1 Å². The highest BCUT2D eigenvalue weighted by Gasteiger charge is 2.14. The van der Waals surface area contributed by atoms with Crippen molar-refractivity contribution in [1.82, 2.24) is 0 Å². The molecule has 1 heterocycles. The Hall–Kier alpha value is -2.14. The fourth-order valence-electron chi connectivity index (χ4n) is 2.65. The number of nitrogens with two attached hydrogens (primary N) is 2. The van der Waals surface area contributed by atoms with Crippen LogP contribution in [0.1, 0.15) is 44.1 Å². The summed E-state index contributed by atoms with van der Waals surface area (Å²) in [5.74, 6) is 0.382. The minimum Gasteiger partial charge on any atom is -0.460 e. The molecule has 5 heteroatoms. The van der Waals surface area contributed by atoms with Crippen LogP contribution in [0.4, 0.5) is 0 Å². The van der Waals surface area contributed by atoms with Crippen LogP contribution in [0.3, 0.4) is 0 Å². The maximum atomic E-state index is 11.9. The molecule has 0 bridgehead atoms. The molecule has 2 atom stereocenters. The van der Waals surface area contributed by atoms with Crippen molar-refractivity contribution >= 4 is 11.8 Å². The Bertz CT molecular complexity index is 569. The van der Waals surface area contributed by atoms with Gasteiger partial charge in [-0.15, -0.1) is 0 Å². The van der Waals surface area contributed by atoms with Crippen LogP contribution < -0.4 is 11.5 Å². The summed E-state index contributed by atoms with van der Waals surface area (Å²) in [6.07, 6.45) is 9.53. The van der Waals surface area contributed by atoms with E-state index in [9.17, 15) is 4.79 Å². The SMILES string of the molecule is NC1=N[C@@H](C/C=C/CC(N)C(=O)OCc2ccccc2)CCCC1. The second-order valence-electron chi connectivity index (χ2n) is 6.16. The summed E-state index contributed by atoms with van der Waals surface area (Å²) < 4.78 is 5.23. The van der Waals surface area contributed by atoms with Gasteiger partial charge in [0, 0.05) is 6.42 Å². The van der Waals surface area contributed by atoms with Crippen LogP contribution in [0, 0.1) is 0 Å². The van der Waals surface area contributed by atoms with Crippen molar-refractivity contribution in [3.05, 3.63) is 48.0 Å². The molecule has 2 rings (SSSR count). The van der Waals surface area contributed by atoms with Gasteiger partial charge < -0.3 is 16.2 Å². The molecule has 0 radical (unpaired) electrons. The molecule has 1 aliphatic heterocycles. The Morgan fingerprint density at radius 3 is 2.88 bits per heavy atom. The van der Waals surface area contributed by atoms with Gasteiger partial charge >= 0.3 is 5.97 Å². The van der Waals surface area contributed by atoms with Gasteiger partial charge in [-0.1, -0.05) is 48.9 Å². The van der Waals surface area contributed by atoms with Crippen molar-refractivity contribution in [2.75, 3.05) is 0 Å². The molecule has 1 unspecified atom stereocenters. The van der Waals surface area contributed by atoms with E-state index in [1.54, 1.807) is 0 Å². The third-order valence-electron chi connectivity index (χ3n) is 4.06. The number of hydrogen-bond donors (Lipinski definition) is 2. The van der Waals surface area contributed by atoms with Crippen LogP contribution in [0.25, 0.3) is 0 Å². The number of benzene rings is 1. The Labute approximate surface area is 143 Å². The van der Waals surface area contributed by atoms with Crippen molar-refractivity contribution in [1.29, 1.82) is 0 Å². The van der Waals surface area contributed by atoms with Crippen molar-refractivity contribution in [3.8, 4) is 0 Å². The molecule has 0 saturated carbocycles. The first-order chi connectivity index (χ1) is 11.6. The minimum absolute atomic E-state index is 0.255.